The number of rotatable bonds is 3. The van der Waals surface area contributed by atoms with E-state index in [1.54, 1.807) is 0 Å². The van der Waals surface area contributed by atoms with Crippen LogP contribution in [0.3, 0.4) is 0 Å². The molecule has 0 aromatic heterocycles. The van der Waals surface area contributed by atoms with Crippen molar-refractivity contribution in [2.75, 3.05) is 0 Å². The van der Waals surface area contributed by atoms with Crippen LogP contribution in [-0.4, -0.2) is 11.1 Å². The Balaban J connectivity index is 0.00000144. The first-order chi connectivity index (χ1) is 5.75. The van der Waals surface area contributed by atoms with Gasteiger partial charge in [-0.15, -0.1) is 12.4 Å². The standard InChI is InChI=1S/C10H15NO.ClH/c1-2-9(11)10(12)8-6-4-3-5-7-8;/h3-7,9-10,12H,2,11H2,1H3;1H/t9-,10+;/m1./s1. The van der Waals surface area contributed by atoms with E-state index in [-0.39, 0.29) is 18.4 Å². The Labute approximate surface area is 85.2 Å². The minimum absolute atomic E-state index is 0. The summed E-state index contributed by atoms with van der Waals surface area (Å²) in [6.45, 7) is 1.97. The van der Waals surface area contributed by atoms with E-state index in [0.717, 1.165) is 12.0 Å². The summed E-state index contributed by atoms with van der Waals surface area (Å²) in [4.78, 5) is 0. The molecule has 1 rings (SSSR count). The van der Waals surface area contributed by atoms with Crippen molar-refractivity contribution in [3.05, 3.63) is 35.9 Å². The fourth-order valence-electron chi connectivity index (χ4n) is 1.12. The molecule has 74 valence electrons. The molecular formula is C10H16ClNO. The average molecular weight is 202 g/mol. The van der Waals surface area contributed by atoms with Crippen molar-refractivity contribution in [3.8, 4) is 0 Å². The molecule has 3 N–H and O–H groups in total. The molecule has 0 spiro atoms. The van der Waals surface area contributed by atoms with Gasteiger partial charge in [0.25, 0.3) is 0 Å². The van der Waals surface area contributed by atoms with Crippen LogP contribution in [0.15, 0.2) is 30.3 Å². The molecule has 2 atom stereocenters. The highest BCUT2D eigenvalue weighted by Gasteiger charge is 2.13. The summed E-state index contributed by atoms with van der Waals surface area (Å²) < 4.78 is 0. The van der Waals surface area contributed by atoms with Gasteiger partial charge in [-0.05, 0) is 12.0 Å². The Morgan fingerprint density at radius 1 is 1.31 bits per heavy atom. The zero-order valence-corrected chi connectivity index (χ0v) is 8.50. The zero-order chi connectivity index (χ0) is 8.97. The van der Waals surface area contributed by atoms with E-state index in [1.807, 2.05) is 37.3 Å². The molecule has 0 aliphatic rings. The number of hydrogen-bond acceptors (Lipinski definition) is 2. The summed E-state index contributed by atoms with van der Waals surface area (Å²) >= 11 is 0. The maximum absolute atomic E-state index is 9.66. The number of aliphatic hydroxyl groups is 1. The molecule has 0 aliphatic heterocycles. The minimum Gasteiger partial charge on any atom is -0.387 e. The third-order valence-corrected chi connectivity index (χ3v) is 2.02. The van der Waals surface area contributed by atoms with Crippen LogP contribution in [0.2, 0.25) is 0 Å². The summed E-state index contributed by atoms with van der Waals surface area (Å²) in [6, 6.07) is 9.35. The molecule has 3 heteroatoms. The third-order valence-electron chi connectivity index (χ3n) is 2.02. The Bertz CT molecular complexity index is 228. The second-order valence-electron chi connectivity index (χ2n) is 2.93. The van der Waals surface area contributed by atoms with E-state index < -0.39 is 6.10 Å². The molecule has 1 aromatic rings. The lowest BCUT2D eigenvalue weighted by atomic mass is 10.0. The first-order valence-corrected chi connectivity index (χ1v) is 4.24. The van der Waals surface area contributed by atoms with Crippen LogP contribution >= 0.6 is 12.4 Å². The molecule has 1 aromatic carbocycles. The van der Waals surface area contributed by atoms with E-state index in [0.29, 0.717) is 0 Å². The highest BCUT2D eigenvalue weighted by Crippen LogP contribution is 2.16. The maximum Gasteiger partial charge on any atom is 0.0940 e. The minimum atomic E-state index is -0.531. The lowest BCUT2D eigenvalue weighted by Gasteiger charge is -2.16. The molecule has 0 radical (unpaired) electrons. The SMILES string of the molecule is CC[C@@H](N)[C@@H](O)c1ccccc1.Cl. The highest BCUT2D eigenvalue weighted by atomic mass is 35.5. The van der Waals surface area contributed by atoms with E-state index in [9.17, 15) is 5.11 Å². The molecule has 0 saturated heterocycles. The second-order valence-corrected chi connectivity index (χ2v) is 2.93. The molecule has 0 unspecified atom stereocenters. The molecule has 0 saturated carbocycles. The van der Waals surface area contributed by atoms with Crippen LogP contribution < -0.4 is 5.73 Å². The number of benzene rings is 1. The lowest BCUT2D eigenvalue weighted by molar-refractivity contribution is 0.144. The van der Waals surface area contributed by atoms with Crippen molar-refractivity contribution in [2.45, 2.75) is 25.5 Å². The zero-order valence-electron chi connectivity index (χ0n) is 7.68. The average Bonchev–Trinajstić information content (AvgIpc) is 2.17. The van der Waals surface area contributed by atoms with Crippen molar-refractivity contribution >= 4 is 12.4 Å². The summed E-state index contributed by atoms with van der Waals surface area (Å²) in [5, 5.41) is 9.66. The van der Waals surface area contributed by atoms with Gasteiger partial charge in [0.15, 0.2) is 0 Å². The highest BCUT2D eigenvalue weighted by molar-refractivity contribution is 5.85. The molecule has 2 nitrogen and oxygen atoms in total. The van der Waals surface area contributed by atoms with Gasteiger partial charge in [-0.1, -0.05) is 37.3 Å². The van der Waals surface area contributed by atoms with Crippen molar-refractivity contribution in [1.82, 2.24) is 0 Å². The Kier molecular flexibility index (Phi) is 5.71. The first kappa shape index (κ1) is 12.4. The lowest BCUT2D eigenvalue weighted by Crippen LogP contribution is -2.27. The van der Waals surface area contributed by atoms with Crippen molar-refractivity contribution < 1.29 is 5.11 Å². The Morgan fingerprint density at radius 3 is 2.31 bits per heavy atom. The van der Waals surface area contributed by atoms with Crippen molar-refractivity contribution in [1.29, 1.82) is 0 Å². The third kappa shape index (κ3) is 3.35. The molecule has 0 heterocycles. The molecule has 0 aliphatic carbocycles. The fourth-order valence-corrected chi connectivity index (χ4v) is 1.12. The number of aliphatic hydroxyl groups excluding tert-OH is 1. The fraction of sp³-hybridized carbons (Fsp3) is 0.400. The topological polar surface area (TPSA) is 46.2 Å². The van der Waals surface area contributed by atoms with Gasteiger partial charge in [-0.2, -0.15) is 0 Å². The van der Waals surface area contributed by atoms with Crippen LogP contribution in [0.4, 0.5) is 0 Å². The predicted octanol–water partition coefficient (Wildman–Crippen LogP) is 1.88. The summed E-state index contributed by atoms with van der Waals surface area (Å²) in [7, 11) is 0. The maximum atomic E-state index is 9.66. The van der Waals surface area contributed by atoms with Gasteiger partial charge in [-0.3, -0.25) is 0 Å². The molecule has 0 fully saturated rings. The van der Waals surface area contributed by atoms with E-state index in [1.165, 1.54) is 0 Å². The van der Waals surface area contributed by atoms with Crippen molar-refractivity contribution in [3.63, 3.8) is 0 Å². The number of nitrogens with two attached hydrogens (primary N) is 1. The van der Waals surface area contributed by atoms with Gasteiger partial charge in [0.2, 0.25) is 0 Å². The second kappa shape index (κ2) is 5.97. The molecule has 13 heavy (non-hydrogen) atoms. The van der Waals surface area contributed by atoms with E-state index in [2.05, 4.69) is 0 Å². The van der Waals surface area contributed by atoms with Crippen LogP contribution in [0, 0.1) is 0 Å². The van der Waals surface area contributed by atoms with Crippen LogP contribution in [-0.2, 0) is 0 Å². The van der Waals surface area contributed by atoms with Gasteiger partial charge < -0.3 is 10.8 Å². The van der Waals surface area contributed by atoms with Crippen LogP contribution in [0.1, 0.15) is 25.0 Å². The van der Waals surface area contributed by atoms with Gasteiger partial charge >= 0.3 is 0 Å². The normalized spacial score (nSPS) is 14.4. The Morgan fingerprint density at radius 2 is 1.85 bits per heavy atom. The van der Waals surface area contributed by atoms with E-state index >= 15 is 0 Å². The smallest absolute Gasteiger partial charge is 0.0940 e. The van der Waals surface area contributed by atoms with Crippen LogP contribution in [0.25, 0.3) is 0 Å². The monoisotopic (exact) mass is 201 g/mol. The molecule has 0 amide bonds. The first-order valence-electron chi connectivity index (χ1n) is 4.24. The molecular weight excluding hydrogens is 186 g/mol. The summed E-state index contributed by atoms with van der Waals surface area (Å²) in [6.07, 6.45) is 0.256. The number of hydrogen-bond donors (Lipinski definition) is 2. The largest absolute Gasteiger partial charge is 0.387 e. The summed E-state index contributed by atoms with van der Waals surface area (Å²) in [5.41, 5.74) is 6.59. The quantitative estimate of drug-likeness (QED) is 0.785. The van der Waals surface area contributed by atoms with Crippen molar-refractivity contribution in [2.24, 2.45) is 5.73 Å². The van der Waals surface area contributed by atoms with Crippen LogP contribution in [0.5, 0.6) is 0 Å². The van der Waals surface area contributed by atoms with E-state index in [4.69, 9.17) is 5.73 Å². The van der Waals surface area contributed by atoms with Gasteiger partial charge in [-0.25, -0.2) is 0 Å². The Hall–Kier alpha value is -0.570. The van der Waals surface area contributed by atoms with Gasteiger partial charge in [0.1, 0.15) is 0 Å². The van der Waals surface area contributed by atoms with Gasteiger partial charge in [0, 0.05) is 6.04 Å². The number of halogens is 1. The summed E-state index contributed by atoms with van der Waals surface area (Å²) in [5.74, 6) is 0. The molecule has 0 bridgehead atoms. The predicted molar refractivity (Wildman–Crippen MR) is 56.9 cm³/mol. The van der Waals surface area contributed by atoms with Gasteiger partial charge in [0.05, 0.1) is 6.10 Å².